The molecular weight excluding hydrogens is 199 g/mol. The van der Waals surface area contributed by atoms with Crippen LogP contribution in [-0.4, -0.2) is 32.6 Å². The van der Waals surface area contributed by atoms with Crippen molar-refractivity contribution in [1.29, 1.82) is 0 Å². The summed E-state index contributed by atoms with van der Waals surface area (Å²) in [5.74, 6) is 1.43. The van der Waals surface area contributed by atoms with Crippen molar-refractivity contribution < 1.29 is 18.6 Å². The fourth-order valence-corrected chi connectivity index (χ4v) is 1.14. The maximum Gasteiger partial charge on any atom is 0.123 e. The second kappa shape index (κ2) is 4.98. The van der Waals surface area contributed by atoms with E-state index in [4.69, 9.17) is 14.2 Å². The van der Waals surface area contributed by atoms with Gasteiger partial charge in [0.05, 0.1) is 6.61 Å². The molecule has 0 radical (unpaired) electrons. The van der Waals surface area contributed by atoms with Crippen LogP contribution in [-0.2, 0) is 4.74 Å². The highest BCUT2D eigenvalue weighted by Crippen LogP contribution is 2.19. The van der Waals surface area contributed by atoms with Crippen LogP contribution in [0.5, 0.6) is 11.5 Å². The monoisotopic (exact) mass is 212 g/mol. The van der Waals surface area contributed by atoms with Crippen molar-refractivity contribution in [2.75, 3.05) is 26.5 Å². The maximum absolute atomic E-state index is 11.8. The van der Waals surface area contributed by atoms with Gasteiger partial charge in [0.1, 0.15) is 37.5 Å². The zero-order valence-corrected chi connectivity index (χ0v) is 8.32. The van der Waals surface area contributed by atoms with Gasteiger partial charge in [-0.2, -0.15) is 0 Å². The van der Waals surface area contributed by atoms with Crippen molar-refractivity contribution in [3.63, 3.8) is 0 Å². The van der Waals surface area contributed by atoms with E-state index in [1.54, 1.807) is 24.3 Å². The summed E-state index contributed by atoms with van der Waals surface area (Å²) in [4.78, 5) is 0. The van der Waals surface area contributed by atoms with E-state index in [0.717, 1.165) is 12.4 Å². The molecule has 0 saturated carbocycles. The number of hydrogen-bond donors (Lipinski definition) is 0. The van der Waals surface area contributed by atoms with Crippen LogP contribution in [0.2, 0.25) is 0 Å². The summed E-state index contributed by atoms with van der Waals surface area (Å²) in [7, 11) is 0. The van der Waals surface area contributed by atoms with E-state index in [2.05, 4.69) is 0 Å². The largest absolute Gasteiger partial charge is 0.491 e. The molecule has 0 N–H and O–H groups in total. The molecule has 0 aromatic heterocycles. The van der Waals surface area contributed by atoms with E-state index in [1.807, 2.05) is 0 Å². The first-order valence-corrected chi connectivity index (χ1v) is 4.92. The van der Waals surface area contributed by atoms with Crippen LogP contribution in [0.1, 0.15) is 0 Å². The molecule has 1 atom stereocenters. The molecule has 1 aliphatic rings. The normalized spacial score (nSPS) is 18.6. The third kappa shape index (κ3) is 3.40. The van der Waals surface area contributed by atoms with Crippen molar-refractivity contribution in [2.24, 2.45) is 0 Å². The Kier molecular flexibility index (Phi) is 3.40. The van der Waals surface area contributed by atoms with Crippen molar-refractivity contribution in [1.82, 2.24) is 0 Å². The molecule has 1 aromatic carbocycles. The zero-order chi connectivity index (χ0) is 10.5. The van der Waals surface area contributed by atoms with E-state index in [0.29, 0.717) is 12.4 Å². The van der Waals surface area contributed by atoms with E-state index in [-0.39, 0.29) is 12.7 Å². The molecule has 3 nitrogen and oxygen atoms in total. The van der Waals surface area contributed by atoms with E-state index < -0.39 is 6.67 Å². The van der Waals surface area contributed by atoms with Crippen molar-refractivity contribution in [2.45, 2.75) is 6.10 Å². The summed E-state index contributed by atoms with van der Waals surface area (Å²) >= 11 is 0. The van der Waals surface area contributed by atoms with E-state index in [9.17, 15) is 4.39 Å². The molecule has 0 bridgehead atoms. The molecular formula is C11H13FO3. The third-order valence-corrected chi connectivity index (χ3v) is 2.01. The van der Waals surface area contributed by atoms with Gasteiger partial charge in [0, 0.05) is 0 Å². The van der Waals surface area contributed by atoms with Crippen LogP contribution in [0, 0.1) is 0 Å². The summed E-state index contributed by atoms with van der Waals surface area (Å²) in [6, 6.07) is 7.13. The van der Waals surface area contributed by atoms with Gasteiger partial charge in [0.2, 0.25) is 0 Å². The number of halogens is 1. The summed E-state index contributed by atoms with van der Waals surface area (Å²) in [5.41, 5.74) is 0. The van der Waals surface area contributed by atoms with Gasteiger partial charge in [-0.05, 0) is 24.3 Å². The van der Waals surface area contributed by atoms with Crippen molar-refractivity contribution >= 4 is 0 Å². The minimum Gasteiger partial charge on any atom is -0.491 e. The zero-order valence-electron chi connectivity index (χ0n) is 8.32. The minimum absolute atomic E-state index is 0.0934. The average molecular weight is 212 g/mol. The standard InChI is InChI=1S/C11H13FO3/c12-5-6-13-9-1-3-10(4-2-9)14-7-11-8-15-11/h1-4,11H,5-8H2. The van der Waals surface area contributed by atoms with Gasteiger partial charge < -0.3 is 14.2 Å². The lowest BCUT2D eigenvalue weighted by atomic mass is 10.3. The number of rotatable bonds is 6. The van der Waals surface area contributed by atoms with Gasteiger partial charge in [-0.25, -0.2) is 4.39 Å². The molecule has 0 aliphatic carbocycles. The van der Waals surface area contributed by atoms with Crippen LogP contribution < -0.4 is 9.47 Å². The molecule has 2 rings (SSSR count). The van der Waals surface area contributed by atoms with Crippen LogP contribution in [0.25, 0.3) is 0 Å². The van der Waals surface area contributed by atoms with Gasteiger partial charge >= 0.3 is 0 Å². The second-order valence-electron chi connectivity index (χ2n) is 3.28. The molecule has 1 saturated heterocycles. The third-order valence-electron chi connectivity index (χ3n) is 2.01. The van der Waals surface area contributed by atoms with E-state index in [1.165, 1.54) is 0 Å². The Balaban J connectivity index is 1.79. The molecule has 0 amide bonds. The Labute approximate surface area is 87.8 Å². The predicted molar refractivity (Wildman–Crippen MR) is 53.1 cm³/mol. The van der Waals surface area contributed by atoms with Crippen LogP contribution in [0.3, 0.4) is 0 Å². The van der Waals surface area contributed by atoms with E-state index >= 15 is 0 Å². The highest BCUT2D eigenvalue weighted by molar-refractivity contribution is 5.31. The maximum atomic E-state index is 11.8. The fourth-order valence-electron chi connectivity index (χ4n) is 1.14. The first-order valence-electron chi connectivity index (χ1n) is 4.92. The smallest absolute Gasteiger partial charge is 0.123 e. The highest BCUT2D eigenvalue weighted by Gasteiger charge is 2.22. The molecule has 1 aromatic rings. The Morgan fingerprint density at radius 2 is 1.80 bits per heavy atom. The highest BCUT2D eigenvalue weighted by atomic mass is 19.1. The molecule has 4 heteroatoms. The summed E-state index contributed by atoms with van der Waals surface area (Å²) in [5, 5.41) is 0. The lowest BCUT2D eigenvalue weighted by Gasteiger charge is -2.06. The predicted octanol–water partition coefficient (Wildman–Crippen LogP) is 1.81. The van der Waals surface area contributed by atoms with Gasteiger partial charge in [0.15, 0.2) is 0 Å². The number of epoxide rings is 1. The molecule has 1 heterocycles. The molecule has 1 aliphatic heterocycles. The molecule has 0 spiro atoms. The lowest BCUT2D eigenvalue weighted by Crippen LogP contribution is -2.04. The molecule has 82 valence electrons. The molecule has 1 fully saturated rings. The molecule has 1 unspecified atom stereocenters. The second-order valence-corrected chi connectivity index (χ2v) is 3.28. The molecule has 15 heavy (non-hydrogen) atoms. The van der Waals surface area contributed by atoms with Crippen LogP contribution >= 0.6 is 0 Å². The average Bonchev–Trinajstić information content (AvgIpc) is 3.09. The van der Waals surface area contributed by atoms with Gasteiger partial charge in [0.25, 0.3) is 0 Å². The first-order chi connectivity index (χ1) is 7.38. The van der Waals surface area contributed by atoms with Crippen LogP contribution in [0.4, 0.5) is 4.39 Å². The minimum atomic E-state index is -0.475. The lowest BCUT2D eigenvalue weighted by molar-refractivity contribution is 0.260. The SMILES string of the molecule is FCCOc1ccc(OCC2CO2)cc1. The van der Waals surface area contributed by atoms with Gasteiger partial charge in [-0.3, -0.25) is 0 Å². The summed E-state index contributed by atoms with van der Waals surface area (Å²) < 4.78 is 27.4. The number of benzene rings is 1. The van der Waals surface area contributed by atoms with Gasteiger partial charge in [-0.1, -0.05) is 0 Å². The Hall–Kier alpha value is -1.29. The van der Waals surface area contributed by atoms with Crippen LogP contribution in [0.15, 0.2) is 24.3 Å². The van der Waals surface area contributed by atoms with Crippen molar-refractivity contribution in [3.8, 4) is 11.5 Å². The summed E-state index contributed by atoms with van der Waals surface area (Å²) in [6.07, 6.45) is 0.257. The summed E-state index contributed by atoms with van der Waals surface area (Å²) in [6.45, 7) is 0.996. The van der Waals surface area contributed by atoms with Gasteiger partial charge in [-0.15, -0.1) is 0 Å². The number of ether oxygens (including phenoxy) is 3. The Morgan fingerprint density at radius 1 is 1.20 bits per heavy atom. The fraction of sp³-hybridized carbons (Fsp3) is 0.455. The number of alkyl halides is 1. The Bertz CT molecular complexity index is 295. The number of hydrogen-bond acceptors (Lipinski definition) is 3. The Morgan fingerprint density at radius 3 is 2.33 bits per heavy atom. The topological polar surface area (TPSA) is 31.0 Å². The van der Waals surface area contributed by atoms with Crippen molar-refractivity contribution in [3.05, 3.63) is 24.3 Å². The first kappa shape index (κ1) is 10.2. The quantitative estimate of drug-likeness (QED) is 0.674.